The Morgan fingerprint density at radius 3 is 2.61 bits per heavy atom. The fourth-order valence-corrected chi connectivity index (χ4v) is 4.56. The highest BCUT2D eigenvalue weighted by atomic mass is 127. The SMILES string of the molecule is CN=C(NCc1ccc(-n2nc(C)cc2C)nc1)NC1CCN(c2cccs2)CC1.I. The maximum Gasteiger partial charge on any atom is 0.191 e. The van der Waals surface area contributed by atoms with Gasteiger partial charge in [-0.25, -0.2) is 9.67 Å². The number of thiophene rings is 1. The zero-order chi connectivity index (χ0) is 20.9. The maximum absolute atomic E-state index is 4.57. The predicted molar refractivity (Wildman–Crippen MR) is 139 cm³/mol. The normalized spacial score (nSPS) is 14.9. The molecule has 4 rings (SSSR count). The number of hydrogen-bond donors (Lipinski definition) is 2. The molecule has 9 heteroatoms. The van der Waals surface area contributed by atoms with Crippen LogP contribution in [0.2, 0.25) is 0 Å². The number of pyridine rings is 1. The van der Waals surface area contributed by atoms with Crippen molar-refractivity contribution < 1.29 is 0 Å². The zero-order valence-electron chi connectivity index (χ0n) is 18.2. The second kappa shape index (κ2) is 10.9. The number of guanidine groups is 1. The number of piperidine rings is 1. The molecule has 0 spiro atoms. The molecule has 0 amide bonds. The van der Waals surface area contributed by atoms with Gasteiger partial charge in [-0.2, -0.15) is 5.10 Å². The Kier molecular flexibility index (Phi) is 8.30. The molecule has 3 aromatic heterocycles. The van der Waals surface area contributed by atoms with Crippen LogP contribution in [0.5, 0.6) is 0 Å². The summed E-state index contributed by atoms with van der Waals surface area (Å²) in [7, 11) is 1.82. The van der Waals surface area contributed by atoms with Crippen molar-refractivity contribution in [3.8, 4) is 5.82 Å². The average Bonchev–Trinajstić information content (AvgIpc) is 3.41. The standard InChI is InChI=1S/C22H29N7S.HI/c1-16-13-17(2)29(27-16)20-7-6-18(14-24-20)15-25-22(23-3)26-19-8-10-28(11-9-19)21-5-4-12-30-21;/h4-7,12-14,19H,8-11,15H2,1-3H3,(H2,23,25,26);1H. The maximum atomic E-state index is 4.57. The highest BCUT2D eigenvalue weighted by Gasteiger charge is 2.20. The molecular weight excluding hydrogens is 521 g/mol. The van der Waals surface area contributed by atoms with Crippen molar-refractivity contribution in [3.63, 3.8) is 0 Å². The van der Waals surface area contributed by atoms with Gasteiger partial charge in [0.1, 0.15) is 0 Å². The minimum atomic E-state index is 0. The van der Waals surface area contributed by atoms with E-state index < -0.39 is 0 Å². The highest BCUT2D eigenvalue weighted by Crippen LogP contribution is 2.24. The van der Waals surface area contributed by atoms with Gasteiger partial charge in [0.15, 0.2) is 11.8 Å². The summed E-state index contributed by atoms with van der Waals surface area (Å²) >= 11 is 1.81. The van der Waals surface area contributed by atoms with E-state index in [9.17, 15) is 0 Å². The summed E-state index contributed by atoms with van der Waals surface area (Å²) in [6.45, 7) is 6.86. The van der Waals surface area contributed by atoms with Gasteiger partial charge in [0, 0.05) is 44.6 Å². The summed E-state index contributed by atoms with van der Waals surface area (Å²) in [4.78, 5) is 11.4. The first-order valence-corrected chi connectivity index (χ1v) is 11.2. The Labute approximate surface area is 205 Å². The molecule has 0 bridgehead atoms. The number of anilines is 1. The van der Waals surface area contributed by atoms with E-state index in [1.54, 1.807) is 0 Å². The van der Waals surface area contributed by atoms with E-state index in [0.29, 0.717) is 12.6 Å². The third-order valence-corrected chi connectivity index (χ3v) is 6.30. The zero-order valence-corrected chi connectivity index (χ0v) is 21.4. The van der Waals surface area contributed by atoms with E-state index in [1.807, 2.05) is 49.2 Å². The van der Waals surface area contributed by atoms with Gasteiger partial charge in [0.25, 0.3) is 0 Å². The number of rotatable bonds is 5. The monoisotopic (exact) mass is 551 g/mol. The van der Waals surface area contributed by atoms with Gasteiger partial charge in [-0.1, -0.05) is 6.07 Å². The van der Waals surface area contributed by atoms with Crippen LogP contribution < -0.4 is 15.5 Å². The number of aryl methyl sites for hydroxylation is 2. The molecule has 0 unspecified atom stereocenters. The molecule has 0 aliphatic carbocycles. The summed E-state index contributed by atoms with van der Waals surface area (Å²) < 4.78 is 1.87. The van der Waals surface area contributed by atoms with Gasteiger partial charge in [-0.05, 0) is 61.9 Å². The van der Waals surface area contributed by atoms with E-state index >= 15 is 0 Å². The molecule has 1 aliphatic rings. The van der Waals surface area contributed by atoms with Crippen LogP contribution in [-0.4, -0.2) is 46.9 Å². The lowest BCUT2D eigenvalue weighted by atomic mass is 10.1. The lowest BCUT2D eigenvalue weighted by Gasteiger charge is -2.33. The van der Waals surface area contributed by atoms with Gasteiger partial charge < -0.3 is 15.5 Å². The largest absolute Gasteiger partial charge is 0.363 e. The Morgan fingerprint density at radius 1 is 1.23 bits per heavy atom. The lowest BCUT2D eigenvalue weighted by molar-refractivity contribution is 0.463. The third kappa shape index (κ3) is 5.97. The molecule has 0 aromatic carbocycles. The number of nitrogens with zero attached hydrogens (tertiary/aromatic N) is 5. The van der Waals surface area contributed by atoms with Crippen LogP contribution in [0.1, 0.15) is 29.8 Å². The number of nitrogens with one attached hydrogen (secondary N) is 2. The second-order valence-electron chi connectivity index (χ2n) is 7.65. The highest BCUT2D eigenvalue weighted by molar-refractivity contribution is 14.0. The Hall–Kier alpha value is -2.14. The van der Waals surface area contributed by atoms with E-state index in [1.165, 1.54) is 5.00 Å². The summed E-state index contributed by atoms with van der Waals surface area (Å²) in [5.74, 6) is 1.68. The van der Waals surface area contributed by atoms with E-state index in [0.717, 1.165) is 54.7 Å². The van der Waals surface area contributed by atoms with Gasteiger partial charge in [-0.3, -0.25) is 4.99 Å². The molecule has 1 fully saturated rings. The summed E-state index contributed by atoms with van der Waals surface area (Å²) in [6.07, 6.45) is 4.11. The van der Waals surface area contributed by atoms with Crippen molar-refractivity contribution in [2.24, 2.45) is 4.99 Å². The molecular formula is C22H30IN7S. The average molecular weight is 552 g/mol. The van der Waals surface area contributed by atoms with Crippen LogP contribution in [0.3, 0.4) is 0 Å². The fourth-order valence-electron chi connectivity index (χ4n) is 3.78. The molecule has 0 atom stereocenters. The molecule has 1 aliphatic heterocycles. The van der Waals surface area contributed by atoms with Crippen LogP contribution in [0, 0.1) is 13.8 Å². The minimum Gasteiger partial charge on any atom is -0.363 e. The second-order valence-corrected chi connectivity index (χ2v) is 8.57. The molecule has 2 N–H and O–H groups in total. The molecule has 31 heavy (non-hydrogen) atoms. The molecule has 1 saturated heterocycles. The van der Waals surface area contributed by atoms with Gasteiger partial charge in [0.05, 0.1) is 10.7 Å². The summed E-state index contributed by atoms with van der Waals surface area (Å²) in [6, 6.07) is 10.9. The van der Waals surface area contributed by atoms with Crippen LogP contribution in [0.4, 0.5) is 5.00 Å². The first-order valence-electron chi connectivity index (χ1n) is 10.4. The minimum absolute atomic E-state index is 0. The van der Waals surface area contributed by atoms with E-state index in [4.69, 9.17) is 0 Å². The first-order chi connectivity index (χ1) is 14.6. The number of aliphatic imine (C=N–C) groups is 1. The smallest absolute Gasteiger partial charge is 0.191 e. The number of aromatic nitrogens is 3. The fraction of sp³-hybridized carbons (Fsp3) is 0.409. The molecule has 0 saturated carbocycles. The van der Waals surface area contributed by atoms with Crippen molar-refractivity contribution in [1.29, 1.82) is 0 Å². The molecule has 166 valence electrons. The van der Waals surface area contributed by atoms with Crippen molar-refractivity contribution in [3.05, 3.63) is 58.9 Å². The molecule has 4 heterocycles. The molecule has 0 radical (unpaired) electrons. The van der Waals surface area contributed by atoms with Crippen LogP contribution in [-0.2, 0) is 6.54 Å². The van der Waals surface area contributed by atoms with E-state index in [2.05, 4.69) is 60.3 Å². The van der Waals surface area contributed by atoms with Crippen molar-refractivity contribution >= 4 is 46.3 Å². The molecule has 7 nitrogen and oxygen atoms in total. The first kappa shape index (κ1) is 23.5. The van der Waals surface area contributed by atoms with Crippen molar-refractivity contribution in [1.82, 2.24) is 25.4 Å². The number of hydrogen-bond acceptors (Lipinski definition) is 5. The van der Waals surface area contributed by atoms with Gasteiger partial charge in [0.2, 0.25) is 0 Å². The Balaban J connectivity index is 0.00000272. The van der Waals surface area contributed by atoms with Gasteiger partial charge in [-0.15, -0.1) is 35.3 Å². The van der Waals surface area contributed by atoms with E-state index in [-0.39, 0.29) is 24.0 Å². The van der Waals surface area contributed by atoms with Crippen molar-refractivity contribution in [2.75, 3.05) is 25.0 Å². The van der Waals surface area contributed by atoms with Crippen molar-refractivity contribution in [2.45, 2.75) is 39.3 Å². The van der Waals surface area contributed by atoms with Crippen LogP contribution >= 0.6 is 35.3 Å². The summed E-state index contributed by atoms with van der Waals surface area (Å²) in [5, 5.41) is 15.0. The lowest BCUT2D eigenvalue weighted by Crippen LogP contribution is -2.48. The Bertz CT molecular complexity index is 974. The predicted octanol–water partition coefficient (Wildman–Crippen LogP) is 3.90. The quantitative estimate of drug-likeness (QED) is 0.286. The Morgan fingerprint density at radius 2 is 2.03 bits per heavy atom. The summed E-state index contributed by atoms with van der Waals surface area (Å²) in [5.41, 5.74) is 3.19. The van der Waals surface area contributed by atoms with Gasteiger partial charge >= 0.3 is 0 Å². The topological polar surface area (TPSA) is 70.4 Å². The number of halogens is 1. The van der Waals surface area contributed by atoms with Crippen LogP contribution in [0.15, 0.2) is 46.9 Å². The van der Waals surface area contributed by atoms with Crippen LogP contribution in [0.25, 0.3) is 5.82 Å². The third-order valence-electron chi connectivity index (χ3n) is 5.37. The molecule has 3 aromatic rings.